The van der Waals surface area contributed by atoms with Crippen LogP contribution in [0.15, 0.2) is 23.1 Å². The van der Waals surface area contributed by atoms with E-state index in [-0.39, 0.29) is 10.6 Å². The van der Waals surface area contributed by atoms with Crippen LogP contribution in [0.1, 0.15) is 27.2 Å². The Hall–Kier alpha value is -1.27. The second-order valence-electron chi connectivity index (χ2n) is 5.17. The van der Waals surface area contributed by atoms with Gasteiger partial charge in [-0.25, -0.2) is 12.7 Å². The van der Waals surface area contributed by atoms with Gasteiger partial charge in [0.1, 0.15) is 16.2 Å². The van der Waals surface area contributed by atoms with Crippen molar-refractivity contribution >= 4 is 15.7 Å². The van der Waals surface area contributed by atoms with Crippen molar-refractivity contribution in [3.05, 3.63) is 18.2 Å². The van der Waals surface area contributed by atoms with Gasteiger partial charge in [0.2, 0.25) is 10.0 Å². The predicted octanol–water partition coefficient (Wildman–Crippen LogP) is 2.09. The molecule has 1 aromatic carbocycles. The van der Waals surface area contributed by atoms with Crippen molar-refractivity contribution in [1.29, 1.82) is 0 Å². The normalized spacial score (nSPS) is 12.7. The molecule has 5 nitrogen and oxygen atoms in total. The molecule has 19 heavy (non-hydrogen) atoms. The summed E-state index contributed by atoms with van der Waals surface area (Å²) in [5.41, 5.74) is 5.69. The van der Waals surface area contributed by atoms with E-state index in [0.29, 0.717) is 5.75 Å². The Morgan fingerprint density at radius 2 is 1.89 bits per heavy atom. The van der Waals surface area contributed by atoms with E-state index >= 15 is 0 Å². The Morgan fingerprint density at radius 3 is 2.37 bits per heavy atom. The highest BCUT2D eigenvalue weighted by molar-refractivity contribution is 7.89. The maximum atomic E-state index is 12.1. The van der Waals surface area contributed by atoms with Crippen molar-refractivity contribution in [2.24, 2.45) is 0 Å². The summed E-state index contributed by atoms with van der Waals surface area (Å²) in [6.45, 7) is 5.86. The fraction of sp³-hybridized carbons (Fsp3) is 0.538. The third kappa shape index (κ3) is 3.39. The number of anilines is 1. The van der Waals surface area contributed by atoms with Gasteiger partial charge in [0, 0.05) is 14.1 Å². The van der Waals surface area contributed by atoms with Crippen LogP contribution in [-0.2, 0) is 10.0 Å². The van der Waals surface area contributed by atoms with Crippen LogP contribution in [-0.4, -0.2) is 32.4 Å². The minimum atomic E-state index is -3.56. The largest absolute Gasteiger partial charge is 0.486 e. The van der Waals surface area contributed by atoms with Gasteiger partial charge in [-0.15, -0.1) is 0 Å². The SMILES string of the molecule is CCC(C)(C)Oc1cccc(S(=O)(=O)N(C)C)c1N. The highest BCUT2D eigenvalue weighted by atomic mass is 32.2. The maximum absolute atomic E-state index is 12.1. The van der Waals surface area contributed by atoms with Crippen LogP contribution < -0.4 is 10.5 Å². The van der Waals surface area contributed by atoms with Gasteiger partial charge in [-0.3, -0.25) is 0 Å². The first-order chi connectivity index (χ1) is 8.62. The van der Waals surface area contributed by atoms with Gasteiger partial charge in [0.25, 0.3) is 0 Å². The lowest BCUT2D eigenvalue weighted by Crippen LogP contribution is -2.28. The lowest BCUT2D eigenvalue weighted by molar-refractivity contribution is 0.106. The first-order valence-corrected chi connectivity index (χ1v) is 7.56. The molecule has 0 fully saturated rings. The number of benzene rings is 1. The van der Waals surface area contributed by atoms with Gasteiger partial charge in [0.15, 0.2) is 0 Å². The zero-order valence-corrected chi connectivity index (χ0v) is 12.9. The maximum Gasteiger partial charge on any atom is 0.244 e. The zero-order valence-electron chi connectivity index (χ0n) is 12.1. The molecule has 0 aliphatic carbocycles. The van der Waals surface area contributed by atoms with Crippen molar-refractivity contribution in [1.82, 2.24) is 4.31 Å². The van der Waals surface area contributed by atoms with E-state index in [0.717, 1.165) is 10.7 Å². The molecule has 0 bridgehead atoms. The van der Waals surface area contributed by atoms with Crippen molar-refractivity contribution < 1.29 is 13.2 Å². The Labute approximate surface area is 115 Å². The molecule has 0 radical (unpaired) electrons. The van der Waals surface area contributed by atoms with E-state index in [2.05, 4.69) is 0 Å². The molecule has 108 valence electrons. The minimum Gasteiger partial charge on any atom is -0.486 e. The van der Waals surface area contributed by atoms with Crippen LogP contribution in [0.4, 0.5) is 5.69 Å². The highest BCUT2D eigenvalue weighted by Crippen LogP contribution is 2.32. The van der Waals surface area contributed by atoms with Crippen molar-refractivity contribution in [3.8, 4) is 5.75 Å². The summed E-state index contributed by atoms with van der Waals surface area (Å²) in [5, 5.41) is 0. The smallest absolute Gasteiger partial charge is 0.244 e. The summed E-state index contributed by atoms with van der Waals surface area (Å²) >= 11 is 0. The first-order valence-electron chi connectivity index (χ1n) is 6.12. The van der Waals surface area contributed by atoms with Crippen LogP contribution in [0.3, 0.4) is 0 Å². The van der Waals surface area contributed by atoms with Crippen LogP contribution in [0, 0.1) is 0 Å². The lowest BCUT2D eigenvalue weighted by atomic mass is 10.1. The number of hydrogen-bond donors (Lipinski definition) is 1. The van der Waals surface area contributed by atoms with E-state index < -0.39 is 15.6 Å². The molecule has 1 rings (SSSR count). The molecule has 0 aliphatic heterocycles. The van der Waals surface area contributed by atoms with Crippen molar-refractivity contribution in [3.63, 3.8) is 0 Å². The Bertz CT molecular complexity index is 551. The van der Waals surface area contributed by atoms with Gasteiger partial charge in [-0.2, -0.15) is 0 Å². The third-order valence-corrected chi connectivity index (χ3v) is 4.90. The molecular weight excluding hydrogens is 264 g/mol. The number of nitrogen functional groups attached to an aromatic ring is 1. The van der Waals surface area contributed by atoms with Gasteiger partial charge in [-0.05, 0) is 32.4 Å². The van der Waals surface area contributed by atoms with E-state index in [9.17, 15) is 8.42 Å². The van der Waals surface area contributed by atoms with E-state index in [1.165, 1.54) is 20.2 Å². The third-order valence-electron chi connectivity index (χ3n) is 3.02. The van der Waals surface area contributed by atoms with E-state index in [4.69, 9.17) is 10.5 Å². The van der Waals surface area contributed by atoms with Crippen molar-refractivity contribution in [2.75, 3.05) is 19.8 Å². The average Bonchev–Trinajstić information content (AvgIpc) is 2.31. The standard InChI is InChI=1S/C13H22N2O3S/c1-6-13(2,3)18-10-8-7-9-11(12(10)14)19(16,17)15(4)5/h7-9H,6,14H2,1-5H3. The number of nitrogens with two attached hydrogens (primary N) is 1. The summed E-state index contributed by atoms with van der Waals surface area (Å²) in [7, 11) is -0.623. The van der Waals surface area contributed by atoms with Crippen LogP contribution >= 0.6 is 0 Å². The molecule has 0 spiro atoms. The summed E-state index contributed by atoms with van der Waals surface area (Å²) < 4.78 is 31.2. The summed E-state index contributed by atoms with van der Waals surface area (Å²) in [4.78, 5) is 0.0712. The number of ether oxygens (including phenoxy) is 1. The van der Waals surface area contributed by atoms with Crippen molar-refractivity contribution in [2.45, 2.75) is 37.7 Å². The fourth-order valence-corrected chi connectivity index (χ4v) is 2.43. The summed E-state index contributed by atoms with van der Waals surface area (Å²) in [6, 6.07) is 4.80. The summed E-state index contributed by atoms with van der Waals surface area (Å²) in [5.74, 6) is 0.398. The first kappa shape index (κ1) is 15.8. The van der Waals surface area contributed by atoms with Gasteiger partial charge in [-0.1, -0.05) is 13.0 Å². The number of nitrogens with zero attached hydrogens (tertiary/aromatic N) is 1. The number of para-hydroxylation sites is 1. The molecule has 2 N–H and O–H groups in total. The Morgan fingerprint density at radius 1 is 1.32 bits per heavy atom. The second kappa shape index (κ2) is 5.38. The number of sulfonamides is 1. The topological polar surface area (TPSA) is 72.6 Å². The van der Waals surface area contributed by atoms with Gasteiger partial charge in [0.05, 0.1) is 5.69 Å². The average molecular weight is 286 g/mol. The molecule has 0 saturated carbocycles. The van der Waals surface area contributed by atoms with E-state index in [1.54, 1.807) is 12.1 Å². The second-order valence-corrected chi connectivity index (χ2v) is 7.29. The van der Waals surface area contributed by atoms with Gasteiger partial charge < -0.3 is 10.5 Å². The predicted molar refractivity (Wildman–Crippen MR) is 76.7 cm³/mol. The van der Waals surface area contributed by atoms with Crippen LogP contribution in [0.2, 0.25) is 0 Å². The molecule has 1 aromatic rings. The molecular formula is C13H22N2O3S. The monoisotopic (exact) mass is 286 g/mol. The molecule has 6 heteroatoms. The molecule has 0 unspecified atom stereocenters. The molecule has 0 saturated heterocycles. The lowest BCUT2D eigenvalue weighted by Gasteiger charge is -2.26. The zero-order chi connectivity index (χ0) is 14.8. The quantitative estimate of drug-likeness (QED) is 0.841. The Kier molecular flexibility index (Phi) is 4.47. The molecule has 0 amide bonds. The van der Waals surface area contributed by atoms with Crippen LogP contribution in [0.25, 0.3) is 0 Å². The summed E-state index contributed by atoms with van der Waals surface area (Å²) in [6.07, 6.45) is 0.789. The Balaban J connectivity index is 3.28. The molecule has 0 atom stereocenters. The van der Waals surface area contributed by atoms with E-state index in [1.807, 2.05) is 20.8 Å². The minimum absolute atomic E-state index is 0.0712. The number of rotatable bonds is 5. The molecule has 0 aromatic heterocycles. The molecule has 0 heterocycles. The van der Waals surface area contributed by atoms with Gasteiger partial charge >= 0.3 is 0 Å². The van der Waals surface area contributed by atoms with Crippen LogP contribution in [0.5, 0.6) is 5.75 Å². The highest BCUT2D eigenvalue weighted by Gasteiger charge is 2.24. The number of hydrogen-bond acceptors (Lipinski definition) is 4. The molecule has 0 aliphatic rings. The fourth-order valence-electron chi connectivity index (χ4n) is 1.40.